The number of primary amides is 1. The maximum Gasteiger partial charge on any atom is 0.407 e. The fourth-order valence-electron chi connectivity index (χ4n) is 6.50. The zero-order valence-electron chi connectivity index (χ0n) is 25.6. The van der Waals surface area contributed by atoms with E-state index in [1.54, 1.807) is 23.1 Å². The van der Waals surface area contributed by atoms with Crippen LogP contribution in [0.15, 0.2) is 30.3 Å². The number of hydrogen-bond acceptors (Lipinski definition) is 8. The number of carbonyl (C=O) groups excluding carboxylic acids is 2. The van der Waals surface area contributed by atoms with Gasteiger partial charge in [-0.05, 0) is 63.4 Å². The smallest absolute Gasteiger partial charge is 0.407 e. The number of nitrogens with zero attached hydrogens (tertiary/aromatic N) is 5. The van der Waals surface area contributed by atoms with Crippen molar-refractivity contribution < 1.29 is 33.4 Å². The Labute approximate surface area is 256 Å². The number of amides is 3. The van der Waals surface area contributed by atoms with Gasteiger partial charge in [0, 0.05) is 43.8 Å². The Hall–Kier alpha value is -3.81. The first-order chi connectivity index (χ1) is 20.9. The van der Waals surface area contributed by atoms with Crippen molar-refractivity contribution in [2.45, 2.75) is 64.3 Å². The normalized spacial score (nSPS) is 26.2. The van der Waals surface area contributed by atoms with E-state index in [0.717, 1.165) is 5.56 Å². The summed E-state index contributed by atoms with van der Waals surface area (Å²) >= 11 is 0. The molecule has 3 aliphatic heterocycles. The summed E-state index contributed by atoms with van der Waals surface area (Å²) in [7, 11) is 0. The molecule has 12 nitrogen and oxygen atoms in total. The van der Waals surface area contributed by atoms with Crippen molar-refractivity contribution in [3.05, 3.63) is 53.0 Å². The number of pyridine rings is 1. The predicted octanol–water partition coefficient (Wildman–Crippen LogP) is 2.19. The first-order valence-electron chi connectivity index (χ1n) is 15.0. The van der Waals surface area contributed by atoms with Crippen LogP contribution in [0.4, 0.5) is 14.9 Å². The van der Waals surface area contributed by atoms with Crippen molar-refractivity contribution in [2.75, 3.05) is 50.9 Å². The highest BCUT2D eigenvalue weighted by atomic mass is 19.1. The molecule has 3 N–H and O–H groups in total. The van der Waals surface area contributed by atoms with Crippen LogP contribution in [-0.2, 0) is 16.0 Å². The number of ether oxygens (including phenoxy) is 2. The summed E-state index contributed by atoms with van der Waals surface area (Å²) in [6.07, 6.45) is -0.723. The van der Waals surface area contributed by atoms with Crippen molar-refractivity contribution in [3.63, 3.8) is 0 Å². The van der Waals surface area contributed by atoms with Gasteiger partial charge in [-0.25, -0.2) is 14.2 Å². The molecule has 0 bridgehead atoms. The van der Waals surface area contributed by atoms with E-state index in [1.165, 1.54) is 17.0 Å². The topological polar surface area (TPSA) is 142 Å². The van der Waals surface area contributed by atoms with Crippen LogP contribution >= 0.6 is 0 Å². The molecule has 2 saturated heterocycles. The van der Waals surface area contributed by atoms with Gasteiger partial charge in [0.15, 0.2) is 0 Å². The third kappa shape index (κ3) is 6.64. The Morgan fingerprint density at radius 1 is 1.00 bits per heavy atom. The Kier molecular flexibility index (Phi) is 9.37. The molecule has 0 spiro atoms. The average molecular weight is 613 g/mol. The predicted molar refractivity (Wildman–Crippen MR) is 160 cm³/mol. The molecule has 238 valence electrons. The molecule has 3 amide bonds. The Morgan fingerprint density at radius 3 is 2.32 bits per heavy atom. The van der Waals surface area contributed by atoms with E-state index in [-0.39, 0.29) is 79.6 Å². The lowest BCUT2D eigenvalue weighted by atomic mass is 10.0. The minimum absolute atomic E-state index is 0.0301. The second-order valence-electron chi connectivity index (χ2n) is 12.2. The fourth-order valence-corrected chi connectivity index (χ4v) is 6.50. The molecule has 0 aliphatic carbocycles. The van der Waals surface area contributed by atoms with Crippen LogP contribution < -0.4 is 15.4 Å². The van der Waals surface area contributed by atoms with Crippen molar-refractivity contribution in [3.8, 4) is 5.88 Å². The summed E-state index contributed by atoms with van der Waals surface area (Å²) in [5.74, 6) is -1.15. The Bertz CT molecular complexity index is 1380. The lowest BCUT2D eigenvalue weighted by molar-refractivity contribution is -0.122. The Morgan fingerprint density at radius 2 is 1.68 bits per heavy atom. The van der Waals surface area contributed by atoms with Crippen LogP contribution in [0.5, 0.6) is 5.88 Å². The van der Waals surface area contributed by atoms with Crippen LogP contribution in [0.3, 0.4) is 0 Å². The highest BCUT2D eigenvalue weighted by Crippen LogP contribution is 2.35. The standard InChI is InChI=1S/C31H41FN6O6/c1-18-11-35(25(13-37(18)31(41)42)12-36-19(2)15-43-16-20(36)3)14-27(39)38-21(4)17-44-30-26(38)10-23(28(34-30)29(33)40)9-22-5-7-24(32)8-6-22/h5-8,10,18-21,25H,9,11-17H2,1-4H3,(H2,33,40)(H,41,42)/t18-,19-,20-,21+,25+/m1/s1. The number of carbonyl (C=O) groups is 3. The molecule has 2 aromatic rings. The number of nitrogens with two attached hydrogens (primary N) is 1. The monoisotopic (exact) mass is 612 g/mol. The highest BCUT2D eigenvalue weighted by molar-refractivity contribution is 5.99. The number of piperazine rings is 1. The maximum atomic E-state index is 14.2. The van der Waals surface area contributed by atoms with Crippen LogP contribution in [0, 0.1) is 5.82 Å². The molecule has 4 heterocycles. The van der Waals surface area contributed by atoms with Gasteiger partial charge < -0.3 is 30.1 Å². The number of morpholine rings is 1. The molecule has 0 unspecified atom stereocenters. The average Bonchev–Trinajstić information content (AvgIpc) is 2.96. The lowest BCUT2D eigenvalue weighted by Gasteiger charge is -2.48. The molecule has 0 radical (unpaired) electrons. The lowest BCUT2D eigenvalue weighted by Crippen LogP contribution is -2.65. The first-order valence-corrected chi connectivity index (χ1v) is 15.0. The van der Waals surface area contributed by atoms with Gasteiger partial charge in [-0.1, -0.05) is 12.1 Å². The summed E-state index contributed by atoms with van der Waals surface area (Å²) in [5, 5.41) is 9.89. The van der Waals surface area contributed by atoms with E-state index in [0.29, 0.717) is 37.6 Å². The Balaban J connectivity index is 1.43. The number of fused-ring (bicyclic) bond motifs is 1. The van der Waals surface area contributed by atoms with E-state index in [4.69, 9.17) is 15.2 Å². The summed E-state index contributed by atoms with van der Waals surface area (Å²) < 4.78 is 25.1. The number of benzene rings is 1. The largest absolute Gasteiger partial charge is 0.474 e. The molecule has 1 aromatic heterocycles. The van der Waals surface area contributed by atoms with Crippen molar-refractivity contribution in [1.29, 1.82) is 0 Å². The minimum Gasteiger partial charge on any atom is -0.474 e. The van der Waals surface area contributed by atoms with E-state index < -0.39 is 12.0 Å². The molecule has 1 aromatic carbocycles. The third-order valence-corrected chi connectivity index (χ3v) is 8.83. The fraction of sp³-hybridized carbons (Fsp3) is 0.548. The number of anilines is 1. The van der Waals surface area contributed by atoms with E-state index in [2.05, 4.69) is 28.6 Å². The maximum absolute atomic E-state index is 14.2. The van der Waals surface area contributed by atoms with Gasteiger partial charge >= 0.3 is 6.09 Å². The third-order valence-electron chi connectivity index (χ3n) is 8.83. The van der Waals surface area contributed by atoms with Crippen LogP contribution in [0.25, 0.3) is 0 Å². The second-order valence-corrected chi connectivity index (χ2v) is 12.2. The number of rotatable bonds is 7. The van der Waals surface area contributed by atoms with Gasteiger partial charge in [0.25, 0.3) is 5.91 Å². The van der Waals surface area contributed by atoms with Crippen molar-refractivity contribution in [1.82, 2.24) is 19.7 Å². The summed E-state index contributed by atoms with van der Waals surface area (Å²) in [6, 6.07) is 7.10. The highest BCUT2D eigenvalue weighted by Gasteiger charge is 2.40. The molecule has 0 saturated carbocycles. The van der Waals surface area contributed by atoms with E-state index >= 15 is 0 Å². The summed E-state index contributed by atoms with van der Waals surface area (Å²) in [4.78, 5) is 50.5. The number of aromatic nitrogens is 1. The minimum atomic E-state index is -0.975. The quantitative estimate of drug-likeness (QED) is 0.481. The van der Waals surface area contributed by atoms with E-state index in [9.17, 15) is 23.9 Å². The van der Waals surface area contributed by atoms with Gasteiger partial charge in [0.05, 0.1) is 25.8 Å². The molecular weight excluding hydrogens is 571 g/mol. The zero-order valence-corrected chi connectivity index (χ0v) is 25.6. The van der Waals surface area contributed by atoms with Crippen molar-refractivity contribution in [2.24, 2.45) is 5.73 Å². The van der Waals surface area contributed by atoms with Gasteiger partial charge in [-0.3, -0.25) is 19.4 Å². The van der Waals surface area contributed by atoms with Gasteiger partial charge in [-0.2, -0.15) is 0 Å². The molecule has 5 atom stereocenters. The molecule has 44 heavy (non-hydrogen) atoms. The van der Waals surface area contributed by atoms with Crippen molar-refractivity contribution >= 4 is 23.6 Å². The van der Waals surface area contributed by atoms with Crippen LogP contribution in [0.1, 0.15) is 49.3 Å². The van der Waals surface area contributed by atoms with Gasteiger partial charge in [0.1, 0.15) is 23.8 Å². The van der Waals surface area contributed by atoms with Crippen LogP contribution in [0.2, 0.25) is 0 Å². The molecule has 3 aliphatic rings. The number of carboxylic acid groups (broad SMARTS) is 1. The second kappa shape index (κ2) is 13.0. The van der Waals surface area contributed by atoms with Gasteiger partial charge in [0.2, 0.25) is 11.8 Å². The SMILES string of the molecule is C[C@@H]1CN(CC(=O)N2c3cc(Cc4ccc(F)cc4)c(C(N)=O)nc3OC[C@@H]2C)[C@@H](CN2[C@H](C)COC[C@H]2C)CN1C(=O)O. The summed E-state index contributed by atoms with van der Waals surface area (Å²) in [5.41, 5.74) is 7.37. The van der Waals surface area contributed by atoms with Gasteiger partial charge in [-0.15, -0.1) is 0 Å². The summed E-state index contributed by atoms with van der Waals surface area (Å²) in [6.45, 7) is 10.6. The zero-order chi connectivity index (χ0) is 31.7. The van der Waals surface area contributed by atoms with E-state index in [1.807, 2.05) is 13.8 Å². The molecule has 13 heteroatoms. The molecule has 5 rings (SSSR count). The number of hydrogen-bond donors (Lipinski definition) is 2. The molecule has 2 fully saturated rings. The number of halogens is 1. The molecular formula is C31H41FN6O6. The first kappa shape index (κ1) is 31.6. The van der Waals surface area contributed by atoms with Crippen LogP contribution in [-0.4, -0.2) is 119 Å².